The van der Waals surface area contributed by atoms with Gasteiger partial charge < -0.3 is 13.4 Å². The zero-order chi connectivity index (χ0) is 37.2. The summed E-state index contributed by atoms with van der Waals surface area (Å²) < 4.78 is 15.8. The van der Waals surface area contributed by atoms with Crippen molar-refractivity contribution in [3.63, 3.8) is 0 Å². The van der Waals surface area contributed by atoms with Crippen LogP contribution in [-0.4, -0.2) is 14.5 Å². The SMILES string of the molecule is c1ccc(-c2nc(-c3ccccc3)c3oc4cccc(-c5cccc6oc7ccc(-n8c9cccc%10c%11ccccc%11c%11cccc8c%11c%109)cc7c56)c4c3n2)cc1. The molecule has 9 aromatic carbocycles. The minimum atomic E-state index is 0.653. The van der Waals surface area contributed by atoms with Gasteiger partial charge in [-0.2, -0.15) is 0 Å². The molecule has 0 aliphatic heterocycles. The van der Waals surface area contributed by atoms with Crippen LogP contribution in [0.2, 0.25) is 0 Å². The Morgan fingerprint density at radius 3 is 1.65 bits per heavy atom. The number of furan rings is 2. The minimum absolute atomic E-state index is 0.653. The Morgan fingerprint density at radius 2 is 0.965 bits per heavy atom. The molecule has 57 heavy (non-hydrogen) atoms. The molecule has 5 nitrogen and oxygen atoms in total. The van der Waals surface area contributed by atoms with Crippen molar-refractivity contribution in [2.45, 2.75) is 0 Å². The van der Waals surface area contributed by atoms with Gasteiger partial charge in [0.25, 0.3) is 0 Å². The van der Waals surface area contributed by atoms with Gasteiger partial charge in [-0.25, -0.2) is 9.97 Å². The van der Waals surface area contributed by atoms with Gasteiger partial charge in [0.2, 0.25) is 0 Å². The predicted octanol–water partition coefficient (Wildman–Crippen LogP) is 14.1. The van der Waals surface area contributed by atoms with E-state index in [4.69, 9.17) is 18.8 Å². The molecule has 0 N–H and O–H groups in total. The molecule has 13 aromatic rings. The zero-order valence-electron chi connectivity index (χ0n) is 30.4. The third-order valence-electron chi connectivity index (χ3n) is 11.8. The Balaban J connectivity index is 1.09. The predicted molar refractivity (Wildman–Crippen MR) is 233 cm³/mol. The van der Waals surface area contributed by atoms with Crippen LogP contribution in [0.4, 0.5) is 0 Å². The standard InChI is InChI=1S/C52H29N3O2/c1-3-13-30(14-4-1)49-51-50(54-52(53-49)31-15-5-2-6-16-31)48-38(22-12-26-44(48)57-51)37-21-11-25-43-45(37)39-29-32(27-28-42(39)56-43)55-40-23-9-19-35-33-17-7-8-18-34(33)36-20-10-24-41(55)47(36)46(35)40/h1-29H. The van der Waals surface area contributed by atoms with Gasteiger partial charge in [-0.05, 0) is 75.1 Å². The van der Waals surface area contributed by atoms with Crippen LogP contribution in [-0.2, 0) is 0 Å². The van der Waals surface area contributed by atoms with E-state index in [2.05, 4.69) is 138 Å². The molecule has 4 aromatic heterocycles. The van der Waals surface area contributed by atoms with Crippen LogP contribution in [0, 0.1) is 0 Å². The lowest BCUT2D eigenvalue weighted by Gasteiger charge is -2.09. The fraction of sp³-hybridized carbons (Fsp3) is 0. The molecule has 0 unspecified atom stereocenters. The van der Waals surface area contributed by atoms with E-state index in [1.54, 1.807) is 0 Å². The highest BCUT2D eigenvalue weighted by Crippen LogP contribution is 2.46. The Bertz CT molecular complexity index is 3660. The average molecular weight is 728 g/mol. The van der Waals surface area contributed by atoms with Crippen molar-refractivity contribution in [2.24, 2.45) is 0 Å². The fourth-order valence-corrected chi connectivity index (χ4v) is 9.39. The molecule has 0 amide bonds. The number of rotatable bonds is 4. The molecular weight excluding hydrogens is 699 g/mol. The summed E-state index contributed by atoms with van der Waals surface area (Å²) in [6.07, 6.45) is 0. The van der Waals surface area contributed by atoms with Crippen LogP contribution < -0.4 is 0 Å². The first-order chi connectivity index (χ1) is 28.3. The molecule has 0 atom stereocenters. The maximum atomic E-state index is 6.72. The van der Waals surface area contributed by atoms with Crippen LogP contribution in [0.25, 0.3) is 127 Å². The molecule has 5 heteroatoms. The molecule has 0 fully saturated rings. The van der Waals surface area contributed by atoms with E-state index in [9.17, 15) is 0 Å². The van der Waals surface area contributed by atoms with E-state index in [0.29, 0.717) is 11.4 Å². The zero-order valence-corrected chi connectivity index (χ0v) is 30.4. The first-order valence-corrected chi connectivity index (χ1v) is 19.2. The molecule has 0 bridgehead atoms. The second kappa shape index (κ2) is 11.4. The van der Waals surface area contributed by atoms with E-state index in [1.807, 2.05) is 42.5 Å². The number of fused-ring (bicyclic) bond motifs is 9. The van der Waals surface area contributed by atoms with Crippen LogP contribution in [0.5, 0.6) is 0 Å². The molecular formula is C52H29N3O2. The maximum absolute atomic E-state index is 6.72. The van der Waals surface area contributed by atoms with Gasteiger partial charge in [0.1, 0.15) is 28.0 Å². The van der Waals surface area contributed by atoms with Gasteiger partial charge >= 0.3 is 0 Å². The normalized spacial score (nSPS) is 12.2. The third kappa shape index (κ3) is 4.23. The minimum Gasteiger partial charge on any atom is -0.456 e. The first kappa shape index (κ1) is 30.6. The second-order valence-electron chi connectivity index (χ2n) is 14.8. The summed E-state index contributed by atoms with van der Waals surface area (Å²) in [6.45, 7) is 0. The highest BCUT2D eigenvalue weighted by Gasteiger charge is 2.24. The Morgan fingerprint density at radius 1 is 0.386 bits per heavy atom. The van der Waals surface area contributed by atoms with E-state index in [-0.39, 0.29) is 0 Å². The van der Waals surface area contributed by atoms with Crippen molar-refractivity contribution < 1.29 is 8.83 Å². The molecule has 0 spiro atoms. The van der Waals surface area contributed by atoms with Crippen molar-refractivity contribution in [2.75, 3.05) is 0 Å². The summed E-state index contributed by atoms with van der Waals surface area (Å²) in [4.78, 5) is 10.3. The smallest absolute Gasteiger partial charge is 0.180 e. The quantitative estimate of drug-likeness (QED) is 0.169. The average Bonchev–Trinajstić information content (AvgIpc) is 3.96. The highest BCUT2D eigenvalue weighted by molar-refractivity contribution is 6.34. The largest absolute Gasteiger partial charge is 0.456 e. The van der Waals surface area contributed by atoms with Crippen LogP contribution >= 0.6 is 0 Å². The monoisotopic (exact) mass is 727 g/mol. The van der Waals surface area contributed by atoms with Crippen LogP contribution in [0.1, 0.15) is 0 Å². The number of hydrogen-bond donors (Lipinski definition) is 0. The van der Waals surface area contributed by atoms with Crippen LogP contribution in [0.15, 0.2) is 185 Å². The Hall–Kier alpha value is -7.76. The molecule has 0 aliphatic rings. The van der Waals surface area contributed by atoms with E-state index >= 15 is 0 Å². The summed E-state index contributed by atoms with van der Waals surface area (Å²) in [5.74, 6) is 0.653. The molecule has 0 radical (unpaired) electrons. The van der Waals surface area contributed by atoms with Gasteiger partial charge in [-0.3, -0.25) is 0 Å². The van der Waals surface area contributed by atoms with Gasteiger partial charge in [-0.15, -0.1) is 0 Å². The number of benzene rings is 9. The van der Waals surface area contributed by atoms with Crippen molar-refractivity contribution in [3.05, 3.63) is 176 Å². The lowest BCUT2D eigenvalue weighted by Crippen LogP contribution is -1.94. The number of aromatic nitrogens is 3. The van der Waals surface area contributed by atoms with Gasteiger partial charge in [0, 0.05) is 38.4 Å². The Kier molecular flexibility index (Phi) is 6.10. The van der Waals surface area contributed by atoms with E-state index in [1.165, 1.54) is 43.4 Å². The first-order valence-electron chi connectivity index (χ1n) is 19.2. The summed E-state index contributed by atoms with van der Waals surface area (Å²) in [6, 6.07) is 61.7. The highest BCUT2D eigenvalue weighted by atomic mass is 16.3. The van der Waals surface area contributed by atoms with E-state index in [0.717, 1.165) is 72.1 Å². The molecule has 0 aliphatic carbocycles. The van der Waals surface area contributed by atoms with E-state index < -0.39 is 0 Å². The Labute approximate surface area is 325 Å². The topological polar surface area (TPSA) is 57.0 Å². The molecule has 264 valence electrons. The van der Waals surface area contributed by atoms with Gasteiger partial charge in [0.15, 0.2) is 11.4 Å². The molecule has 0 saturated carbocycles. The summed E-state index contributed by atoms with van der Waals surface area (Å²) in [5, 5.41) is 10.7. The lowest BCUT2D eigenvalue weighted by atomic mass is 9.95. The number of hydrogen-bond acceptors (Lipinski definition) is 4. The molecule has 13 rings (SSSR count). The van der Waals surface area contributed by atoms with Crippen LogP contribution in [0.3, 0.4) is 0 Å². The summed E-state index contributed by atoms with van der Waals surface area (Å²) in [7, 11) is 0. The summed E-state index contributed by atoms with van der Waals surface area (Å²) >= 11 is 0. The van der Waals surface area contributed by atoms with Gasteiger partial charge in [-0.1, -0.05) is 133 Å². The van der Waals surface area contributed by atoms with Crippen molar-refractivity contribution in [1.82, 2.24) is 14.5 Å². The van der Waals surface area contributed by atoms with Crippen molar-refractivity contribution >= 4 is 87.4 Å². The molecule has 0 saturated heterocycles. The molecule has 4 heterocycles. The van der Waals surface area contributed by atoms with Crippen molar-refractivity contribution in [3.8, 4) is 39.5 Å². The maximum Gasteiger partial charge on any atom is 0.180 e. The number of nitrogens with zero attached hydrogens (tertiary/aromatic N) is 3. The second-order valence-corrected chi connectivity index (χ2v) is 14.8. The van der Waals surface area contributed by atoms with Crippen molar-refractivity contribution in [1.29, 1.82) is 0 Å². The summed E-state index contributed by atoms with van der Waals surface area (Å²) in [5.41, 5.74) is 12.1. The third-order valence-corrected chi connectivity index (χ3v) is 11.8. The lowest BCUT2D eigenvalue weighted by molar-refractivity contribution is 0.667. The fourth-order valence-electron chi connectivity index (χ4n) is 9.39. The van der Waals surface area contributed by atoms with Gasteiger partial charge in [0.05, 0.1) is 16.4 Å².